The van der Waals surface area contributed by atoms with Crippen LogP contribution in [0.1, 0.15) is 131 Å². The Bertz CT molecular complexity index is 3440. The molecule has 3 aromatic carbocycles. The molecule has 1 atom stereocenters. The molecule has 3 saturated carbocycles. The number of nitrogens with zero attached hydrogens (tertiary/aromatic N) is 6. The van der Waals surface area contributed by atoms with E-state index in [1.165, 1.54) is 28.8 Å². The second-order valence-corrected chi connectivity index (χ2v) is 25.4. The number of aromatic nitrogens is 3. The number of fused-ring (bicyclic) bond motifs is 1. The van der Waals surface area contributed by atoms with Gasteiger partial charge in [0.1, 0.15) is 22.1 Å². The number of methoxy groups -OCH3 is 1. The van der Waals surface area contributed by atoms with Gasteiger partial charge in [0, 0.05) is 88.0 Å². The lowest BCUT2D eigenvalue weighted by Gasteiger charge is -2.58. The van der Waals surface area contributed by atoms with E-state index in [2.05, 4.69) is 96.0 Å². The number of nitro groups is 1. The molecule has 3 aliphatic carbocycles. The van der Waals surface area contributed by atoms with E-state index < -0.39 is 42.9 Å². The van der Waals surface area contributed by atoms with Gasteiger partial charge in [-0.2, -0.15) is 4.98 Å². The number of carbonyl (C=O) groups is 1. The van der Waals surface area contributed by atoms with Gasteiger partial charge in [-0.15, -0.1) is 0 Å². The third-order valence-corrected chi connectivity index (χ3v) is 18.8. The maximum absolute atomic E-state index is 15.0. The van der Waals surface area contributed by atoms with Gasteiger partial charge in [0.2, 0.25) is 5.82 Å². The highest BCUT2D eigenvalue weighted by atomic mass is 32.2. The Labute approximate surface area is 478 Å². The van der Waals surface area contributed by atoms with E-state index >= 15 is 4.39 Å². The van der Waals surface area contributed by atoms with E-state index in [9.17, 15) is 28.4 Å². The zero-order valence-electron chi connectivity index (χ0n) is 47.3. The number of hydrogen-bond donors (Lipinski definition) is 4. The van der Waals surface area contributed by atoms with Gasteiger partial charge in [0.15, 0.2) is 17.2 Å². The molecule has 5 fully saturated rings. The maximum Gasteiger partial charge on any atom is 0.312 e. The van der Waals surface area contributed by atoms with Crippen LogP contribution in [0.5, 0.6) is 28.9 Å². The summed E-state index contributed by atoms with van der Waals surface area (Å²) in [4.78, 5) is 44.2. The number of anilines is 2. The van der Waals surface area contributed by atoms with Crippen LogP contribution in [0, 0.1) is 27.3 Å². The number of halogens is 1. The van der Waals surface area contributed by atoms with Crippen LogP contribution >= 0.6 is 0 Å². The van der Waals surface area contributed by atoms with Crippen molar-refractivity contribution in [1.82, 2.24) is 29.5 Å². The molecule has 0 unspecified atom stereocenters. The lowest BCUT2D eigenvalue weighted by Crippen LogP contribution is -2.60. The number of H-pyrrole nitrogens is 1. The number of carbonyl (C=O) groups excluding carboxylic acids is 1. The van der Waals surface area contributed by atoms with Gasteiger partial charge in [-0.25, -0.2) is 22.5 Å². The summed E-state index contributed by atoms with van der Waals surface area (Å²) in [6, 6.07) is 23.1. The molecule has 6 aromatic rings. The van der Waals surface area contributed by atoms with Crippen molar-refractivity contribution in [3.63, 3.8) is 0 Å². The molecule has 0 radical (unpaired) electrons. The van der Waals surface area contributed by atoms with Crippen molar-refractivity contribution in [2.45, 2.75) is 133 Å². The number of pyridine rings is 2. The molecule has 82 heavy (non-hydrogen) atoms. The third-order valence-electron chi connectivity index (χ3n) is 17.5. The van der Waals surface area contributed by atoms with Crippen molar-refractivity contribution in [2.24, 2.45) is 11.3 Å². The highest BCUT2D eigenvalue weighted by molar-refractivity contribution is 7.90. The van der Waals surface area contributed by atoms with E-state index in [-0.39, 0.29) is 69.9 Å². The zero-order chi connectivity index (χ0) is 57.5. The van der Waals surface area contributed by atoms with Gasteiger partial charge in [0.25, 0.3) is 21.8 Å². The Morgan fingerprint density at radius 2 is 1.72 bits per heavy atom. The van der Waals surface area contributed by atoms with E-state index in [1.54, 1.807) is 33.1 Å². The van der Waals surface area contributed by atoms with Crippen molar-refractivity contribution in [3.05, 3.63) is 123 Å². The molecule has 3 aromatic heterocycles. The molecule has 21 heteroatoms. The summed E-state index contributed by atoms with van der Waals surface area (Å²) in [6.07, 6.45) is 11.2. The molecule has 4 N–H and O–H groups in total. The van der Waals surface area contributed by atoms with Gasteiger partial charge in [-0.3, -0.25) is 24.7 Å². The first kappa shape index (κ1) is 56.8. The predicted molar refractivity (Wildman–Crippen MR) is 309 cm³/mol. The van der Waals surface area contributed by atoms with Crippen LogP contribution < -0.4 is 33.9 Å². The summed E-state index contributed by atoms with van der Waals surface area (Å²) >= 11 is 0. The summed E-state index contributed by atoms with van der Waals surface area (Å²) in [5.74, 6) is 0.260. The van der Waals surface area contributed by atoms with Gasteiger partial charge < -0.3 is 39.3 Å². The number of hydrogen-bond acceptors (Lipinski definition) is 16. The summed E-state index contributed by atoms with van der Waals surface area (Å²) < 4.78 is 69.2. The second-order valence-electron chi connectivity index (χ2n) is 23.7. The van der Waals surface area contributed by atoms with Gasteiger partial charge in [0.05, 0.1) is 47.5 Å². The fourth-order valence-corrected chi connectivity index (χ4v) is 13.6. The smallest absolute Gasteiger partial charge is 0.312 e. The number of rotatable bonds is 20. The lowest BCUT2D eigenvalue weighted by molar-refractivity contribution is -0.384. The minimum Gasteiger partial charge on any atom is -0.493 e. The van der Waals surface area contributed by atoms with Gasteiger partial charge in [-0.1, -0.05) is 44.2 Å². The van der Waals surface area contributed by atoms with Crippen molar-refractivity contribution < 1.29 is 46.6 Å². The molecule has 11 rings (SSSR count). The molecule has 436 valence electrons. The molecule has 2 aliphatic heterocycles. The number of benzene rings is 3. The average Bonchev–Trinajstić information content (AvgIpc) is 3.94. The summed E-state index contributed by atoms with van der Waals surface area (Å²) in [7, 11) is -3.05. The summed E-state index contributed by atoms with van der Waals surface area (Å²) in [6.45, 7) is 13.7. The number of ether oxygens (including phenoxy) is 4. The van der Waals surface area contributed by atoms with Gasteiger partial charge in [-0.05, 0) is 136 Å². The minimum absolute atomic E-state index is 0.00943. The van der Waals surface area contributed by atoms with Crippen LogP contribution in [0.2, 0.25) is 0 Å². The van der Waals surface area contributed by atoms with E-state index in [4.69, 9.17) is 18.9 Å². The molecule has 19 nitrogen and oxygen atoms in total. The highest BCUT2D eigenvalue weighted by Gasteiger charge is 2.50. The van der Waals surface area contributed by atoms with Crippen LogP contribution in [-0.4, -0.2) is 120 Å². The number of aliphatic hydroxyl groups is 1. The van der Waals surface area contributed by atoms with Crippen molar-refractivity contribution >= 4 is 44.2 Å². The molecule has 1 spiro atoms. The van der Waals surface area contributed by atoms with Crippen LogP contribution in [0.3, 0.4) is 0 Å². The first-order valence-corrected chi connectivity index (χ1v) is 30.3. The lowest BCUT2D eigenvalue weighted by atomic mass is 9.59. The summed E-state index contributed by atoms with van der Waals surface area (Å²) in [5, 5.41) is 25.8. The monoisotopic (exact) mass is 1140 g/mol. The molecule has 2 saturated heterocycles. The largest absolute Gasteiger partial charge is 0.493 e. The Hall–Kier alpha value is -7.07. The Kier molecular flexibility index (Phi) is 16.1. The van der Waals surface area contributed by atoms with Crippen molar-refractivity contribution in [1.29, 1.82) is 0 Å². The first-order chi connectivity index (χ1) is 39.4. The highest BCUT2D eigenvalue weighted by Crippen LogP contribution is 2.54. The van der Waals surface area contributed by atoms with Crippen LogP contribution in [0.15, 0.2) is 90.1 Å². The first-order valence-electron chi connectivity index (χ1n) is 28.8. The molecular weight excluding hydrogens is 1070 g/mol. The maximum atomic E-state index is 15.0. The Balaban J connectivity index is 0.801. The predicted octanol–water partition coefficient (Wildman–Crippen LogP) is 10.6. The van der Waals surface area contributed by atoms with E-state index in [0.717, 1.165) is 113 Å². The number of piperidine rings is 1. The van der Waals surface area contributed by atoms with Crippen LogP contribution in [0.4, 0.5) is 21.6 Å². The molecule has 1 amide bonds. The third kappa shape index (κ3) is 12.3. The number of sulfonamides is 1. The Morgan fingerprint density at radius 3 is 2.44 bits per heavy atom. The number of aromatic amines is 1. The normalized spacial score (nSPS) is 21.5. The fourth-order valence-electron chi connectivity index (χ4n) is 12.6. The van der Waals surface area contributed by atoms with Crippen molar-refractivity contribution in [3.8, 4) is 28.9 Å². The molecule has 5 heterocycles. The van der Waals surface area contributed by atoms with Crippen LogP contribution in [0.25, 0.3) is 11.0 Å². The topological polar surface area (TPSA) is 227 Å². The van der Waals surface area contributed by atoms with E-state index in [1.807, 2.05) is 0 Å². The van der Waals surface area contributed by atoms with E-state index in [0.29, 0.717) is 44.2 Å². The fraction of sp³-hybridized carbons (Fsp3) is 0.492. The second kappa shape index (κ2) is 23.3. The average molecular weight is 1140 g/mol. The standard InChI is InChI=1S/C61H74FN9O10S/c1-6-79-59-55(30-48-49(62)35-65-56(48)66-59)81-53-28-41(12-15-47(53)58(72)67-82(76,77)44-29-50(71(74)75)57(64-34-44)63-33-39-17-19-60(4,73)20-18-39)69-23-21-61(22-24-69)31-42(32-61)70-26-25-68(37-51(70)46-10-8-7-9-45(46)38(2)3)36-40-11-16-52(54(27-40)78-5)80-43-13-14-43/h7-12,15-16,27-30,34-35,38-39,42-43,51,73H,6,13-14,17-26,31-33,36-37H2,1-5H3,(H,63,64)(H,65,66)(H,67,72)/t39?,51-,60?/m0/s1. The number of nitrogens with one attached hydrogen (secondary N) is 3. The molecular formula is C61H74FN9O10S. The number of amides is 1. The van der Waals surface area contributed by atoms with Crippen molar-refractivity contribution in [2.75, 3.05) is 63.2 Å². The summed E-state index contributed by atoms with van der Waals surface area (Å²) in [5.41, 5.74) is 3.55. The zero-order valence-corrected chi connectivity index (χ0v) is 48.1. The molecule has 0 bridgehead atoms. The van der Waals surface area contributed by atoms with Gasteiger partial charge >= 0.3 is 5.69 Å². The molecule has 5 aliphatic rings. The quantitative estimate of drug-likeness (QED) is 0.0412. The van der Waals surface area contributed by atoms with Crippen LogP contribution in [-0.2, 0) is 16.6 Å². The Morgan fingerprint density at radius 1 is 0.951 bits per heavy atom. The minimum atomic E-state index is -4.75. The SMILES string of the molecule is CCOc1nc2[nH]cc(F)c2cc1Oc1cc(N2CCC3(CC2)CC(N2CCN(Cc4ccc(OC5CC5)c(OC)c4)C[C@H]2c2ccccc2C(C)C)C3)ccc1C(=O)NS(=O)(=O)c1cnc(NCC2CCC(C)(O)CC2)c([N+](=O)[O-])c1. The number of piperazine rings is 1.